The van der Waals surface area contributed by atoms with Crippen LogP contribution in [0.1, 0.15) is 29.3 Å². The number of hydrogen-bond acceptors (Lipinski definition) is 3. The number of nitro groups is 1. The van der Waals surface area contributed by atoms with Gasteiger partial charge < -0.3 is 5.11 Å². The molecule has 0 radical (unpaired) electrons. The van der Waals surface area contributed by atoms with Gasteiger partial charge >= 0.3 is 5.97 Å². The van der Waals surface area contributed by atoms with Crippen molar-refractivity contribution in [1.82, 2.24) is 0 Å². The van der Waals surface area contributed by atoms with Gasteiger partial charge in [0, 0.05) is 5.56 Å². The predicted octanol–water partition coefficient (Wildman–Crippen LogP) is 2.25. The summed E-state index contributed by atoms with van der Waals surface area (Å²) >= 11 is 0. The maximum atomic E-state index is 10.8. The molecule has 0 saturated carbocycles. The minimum absolute atomic E-state index is 0.244. The molecule has 0 amide bonds. The largest absolute Gasteiger partial charge is 0.477 e. The highest BCUT2D eigenvalue weighted by molar-refractivity contribution is 5.93. The van der Waals surface area contributed by atoms with Crippen LogP contribution in [0.5, 0.6) is 0 Å². The van der Waals surface area contributed by atoms with Crippen LogP contribution in [0.25, 0.3) is 0 Å². The van der Waals surface area contributed by atoms with Crippen molar-refractivity contribution in [2.75, 3.05) is 0 Å². The molecule has 1 N–H and O–H groups in total. The van der Waals surface area contributed by atoms with Gasteiger partial charge in [0.15, 0.2) is 0 Å². The number of aryl methyl sites for hydroxylation is 1. The molecule has 0 fully saturated rings. The van der Waals surface area contributed by atoms with Crippen molar-refractivity contribution in [3.63, 3.8) is 0 Å². The number of aromatic carboxylic acids is 1. The standard InChI is InChI=1S/C10H11NO4/c1-2-4-7-5-3-6-8(10(12)13)9(7)11(14)15/h3,5-6H,2,4H2,1H3,(H,12,13). The van der Waals surface area contributed by atoms with Crippen LogP contribution in [0.4, 0.5) is 5.69 Å². The van der Waals surface area contributed by atoms with Crippen molar-refractivity contribution in [2.24, 2.45) is 0 Å². The molecule has 0 aliphatic rings. The first-order valence-electron chi connectivity index (χ1n) is 4.57. The maximum Gasteiger partial charge on any atom is 0.342 e. The number of nitro benzene ring substituents is 1. The summed E-state index contributed by atoms with van der Waals surface area (Å²) < 4.78 is 0. The van der Waals surface area contributed by atoms with Gasteiger partial charge in [-0.2, -0.15) is 0 Å². The molecule has 0 aliphatic heterocycles. The van der Waals surface area contributed by atoms with E-state index in [2.05, 4.69) is 0 Å². The third-order valence-electron chi connectivity index (χ3n) is 2.05. The molecule has 0 bridgehead atoms. The predicted molar refractivity (Wildman–Crippen MR) is 54.1 cm³/mol. The van der Waals surface area contributed by atoms with Crippen LogP contribution in [-0.4, -0.2) is 16.0 Å². The van der Waals surface area contributed by atoms with E-state index in [0.29, 0.717) is 12.0 Å². The molecule has 1 aromatic rings. The Labute approximate surface area is 86.5 Å². The van der Waals surface area contributed by atoms with Gasteiger partial charge in [-0.25, -0.2) is 4.79 Å². The van der Waals surface area contributed by atoms with E-state index < -0.39 is 10.9 Å². The summed E-state index contributed by atoms with van der Waals surface area (Å²) in [5.41, 5.74) is -0.0554. The van der Waals surface area contributed by atoms with Crippen molar-refractivity contribution < 1.29 is 14.8 Å². The molecule has 0 atom stereocenters. The zero-order valence-electron chi connectivity index (χ0n) is 8.27. The van der Waals surface area contributed by atoms with Gasteiger partial charge in [0.2, 0.25) is 0 Å². The van der Waals surface area contributed by atoms with Crippen LogP contribution in [0.2, 0.25) is 0 Å². The van der Waals surface area contributed by atoms with Gasteiger partial charge in [-0.15, -0.1) is 0 Å². The molecule has 80 valence electrons. The molecule has 5 nitrogen and oxygen atoms in total. The van der Waals surface area contributed by atoms with E-state index in [1.54, 1.807) is 6.07 Å². The molecule has 1 rings (SSSR count). The number of hydrogen-bond donors (Lipinski definition) is 1. The lowest BCUT2D eigenvalue weighted by atomic mass is 10.0. The van der Waals surface area contributed by atoms with E-state index in [4.69, 9.17) is 5.11 Å². The number of carbonyl (C=O) groups is 1. The highest BCUT2D eigenvalue weighted by Crippen LogP contribution is 2.24. The van der Waals surface area contributed by atoms with Crippen LogP contribution >= 0.6 is 0 Å². The van der Waals surface area contributed by atoms with Gasteiger partial charge in [-0.1, -0.05) is 25.5 Å². The fourth-order valence-electron chi connectivity index (χ4n) is 1.45. The summed E-state index contributed by atoms with van der Waals surface area (Å²) in [4.78, 5) is 20.9. The van der Waals surface area contributed by atoms with Gasteiger partial charge in [0.25, 0.3) is 5.69 Å². The fraction of sp³-hybridized carbons (Fsp3) is 0.300. The number of para-hydroxylation sites is 1. The molecule has 0 heterocycles. The quantitative estimate of drug-likeness (QED) is 0.609. The van der Waals surface area contributed by atoms with Crippen molar-refractivity contribution in [2.45, 2.75) is 19.8 Å². The first-order valence-corrected chi connectivity index (χ1v) is 4.57. The van der Waals surface area contributed by atoms with Crippen LogP contribution in [0.15, 0.2) is 18.2 Å². The number of rotatable bonds is 4. The second-order valence-electron chi connectivity index (χ2n) is 3.13. The summed E-state index contributed by atoms with van der Waals surface area (Å²) in [6.07, 6.45) is 1.25. The van der Waals surface area contributed by atoms with Gasteiger partial charge in [-0.05, 0) is 12.5 Å². The number of carboxylic acid groups (broad SMARTS) is 1. The number of nitrogens with zero attached hydrogens (tertiary/aromatic N) is 1. The smallest absolute Gasteiger partial charge is 0.342 e. The zero-order chi connectivity index (χ0) is 11.4. The minimum atomic E-state index is -1.26. The average molecular weight is 209 g/mol. The van der Waals surface area contributed by atoms with Gasteiger partial charge in [0.1, 0.15) is 5.56 Å². The van der Waals surface area contributed by atoms with E-state index >= 15 is 0 Å². The second-order valence-corrected chi connectivity index (χ2v) is 3.13. The van der Waals surface area contributed by atoms with Crippen molar-refractivity contribution in [3.8, 4) is 0 Å². The third kappa shape index (κ3) is 2.31. The van der Waals surface area contributed by atoms with E-state index in [9.17, 15) is 14.9 Å². The fourth-order valence-corrected chi connectivity index (χ4v) is 1.45. The first kappa shape index (κ1) is 11.2. The Morgan fingerprint density at radius 1 is 1.53 bits per heavy atom. The summed E-state index contributed by atoms with van der Waals surface area (Å²) in [6, 6.07) is 4.37. The summed E-state index contributed by atoms with van der Waals surface area (Å²) in [7, 11) is 0. The monoisotopic (exact) mass is 209 g/mol. The summed E-state index contributed by atoms with van der Waals surface area (Å²) in [6.45, 7) is 1.89. The van der Waals surface area contributed by atoms with Crippen LogP contribution in [-0.2, 0) is 6.42 Å². The second kappa shape index (κ2) is 4.54. The normalized spacial score (nSPS) is 9.93. The van der Waals surface area contributed by atoms with Crippen LogP contribution < -0.4 is 0 Å². The minimum Gasteiger partial charge on any atom is -0.477 e. The highest BCUT2D eigenvalue weighted by atomic mass is 16.6. The third-order valence-corrected chi connectivity index (χ3v) is 2.05. The summed E-state index contributed by atoms with van der Waals surface area (Å²) in [5, 5.41) is 19.6. The molecule has 0 aromatic heterocycles. The topological polar surface area (TPSA) is 80.4 Å². The Morgan fingerprint density at radius 3 is 2.67 bits per heavy atom. The Morgan fingerprint density at radius 2 is 2.20 bits per heavy atom. The lowest BCUT2D eigenvalue weighted by Gasteiger charge is -2.03. The van der Waals surface area contributed by atoms with E-state index in [-0.39, 0.29) is 11.3 Å². The Bertz CT molecular complexity index is 400. The van der Waals surface area contributed by atoms with Gasteiger partial charge in [0.05, 0.1) is 4.92 Å². The molecule has 0 saturated heterocycles. The zero-order valence-corrected chi connectivity index (χ0v) is 8.27. The van der Waals surface area contributed by atoms with E-state index in [0.717, 1.165) is 6.42 Å². The average Bonchev–Trinajstić information content (AvgIpc) is 2.17. The first-order chi connectivity index (χ1) is 7.07. The molecular formula is C10H11NO4. The molecule has 0 spiro atoms. The van der Waals surface area contributed by atoms with Crippen LogP contribution in [0.3, 0.4) is 0 Å². The van der Waals surface area contributed by atoms with Gasteiger partial charge in [-0.3, -0.25) is 10.1 Å². The van der Waals surface area contributed by atoms with Crippen molar-refractivity contribution in [3.05, 3.63) is 39.4 Å². The van der Waals surface area contributed by atoms with Crippen molar-refractivity contribution in [1.29, 1.82) is 0 Å². The highest BCUT2D eigenvalue weighted by Gasteiger charge is 2.22. The summed E-state index contributed by atoms with van der Waals surface area (Å²) in [5.74, 6) is -1.26. The Kier molecular flexibility index (Phi) is 3.38. The molecule has 0 aliphatic carbocycles. The van der Waals surface area contributed by atoms with Crippen molar-refractivity contribution >= 4 is 11.7 Å². The molecule has 15 heavy (non-hydrogen) atoms. The lowest BCUT2D eigenvalue weighted by molar-refractivity contribution is -0.385. The maximum absolute atomic E-state index is 10.8. The van der Waals surface area contributed by atoms with E-state index in [1.807, 2.05) is 6.92 Å². The molecule has 0 unspecified atom stereocenters. The molecular weight excluding hydrogens is 198 g/mol. The Hall–Kier alpha value is -1.91. The molecule has 5 heteroatoms. The molecule has 1 aromatic carbocycles. The van der Waals surface area contributed by atoms with Crippen LogP contribution in [0, 0.1) is 10.1 Å². The number of benzene rings is 1. The SMILES string of the molecule is CCCc1cccc(C(=O)O)c1[N+](=O)[O-]. The lowest BCUT2D eigenvalue weighted by Crippen LogP contribution is -2.05. The van der Waals surface area contributed by atoms with E-state index in [1.165, 1.54) is 12.1 Å². The Balaban J connectivity index is 3.34. The number of carboxylic acids is 1.